The lowest BCUT2D eigenvalue weighted by Gasteiger charge is -2.30. The zero-order valence-corrected chi connectivity index (χ0v) is 14.4. The van der Waals surface area contributed by atoms with Crippen molar-refractivity contribution < 1.29 is 0 Å². The van der Waals surface area contributed by atoms with E-state index < -0.39 is 0 Å². The molecule has 1 aromatic carbocycles. The Morgan fingerprint density at radius 2 is 1.96 bits per heavy atom. The largest absolute Gasteiger partial charge is 0.350 e. The molecular formula is C21H23N3. The SMILES string of the molecule is C=CCn1c(C)c(C)c2ccnc(N3CCc4ccccc4C3)c21. The number of allylic oxidation sites excluding steroid dienone is 1. The van der Waals surface area contributed by atoms with E-state index in [0.717, 1.165) is 31.9 Å². The molecule has 3 heteroatoms. The van der Waals surface area contributed by atoms with Crippen LogP contribution in [0.2, 0.25) is 0 Å². The highest BCUT2D eigenvalue weighted by Gasteiger charge is 2.22. The number of benzene rings is 1. The molecule has 0 unspecified atom stereocenters. The average Bonchev–Trinajstić information content (AvgIpc) is 2.87. The van der Waals surface area contributed by atoms with E-state index in [0.29, 0.717) is 0 Å². The summed E-state index contributed by atoms with van der Waals surface area (Å²) in [5.41, 5.74) is 6.77. The van der Waals surface area contributed by atoms with E-state index in [1.54, 1.807) is 0 Å². The van der Waals surface area contributed by atoms with Crippen LogP contribution in [-0.2, 0) is 19.5 Å². The summed E-state index contributed by atoms with van der Waals surface area (Å²) in [5, 5.41) is 1.30. The van der Waals surface area contributed by atoms with Crippen LogP contribution in [0.1, 0.15) is 22.4 Å². The lowest BCUT2D eigenvalue weighted by atomic mass is 10.00. The van der Waals surface area contributed by atoms with Crippen molar-refractivity contribution in [3.63, 3.8) is 0 Å². The topological polar surface area (TPSA) is 21.1 Å². The molecule has 0 spiro atoms. The normalized spacial score (nSPS) is 14.0. The second kappa shape index (κ2) is 5.82. The molecule has 1 aliphatic heterocycles. The average molecular weight is 317 g/mol. The summed E-state index contributed by atoms with van der Waals surface area (Å²) in [6, 6.07) is 10.9. The lowest BCUT2D eigenvalue weighted by molar-refractivity contribution is 0.718. The standard InChI is InChI=1S/C21H23N3/c1-4-12-24-16(3)15(2)19-9-11-22-21(20(19)24)23-13-10-17-7-5-6-8-18(17)14-23/h4-9,11H,1,10,12-14H2,2-3H3. The van der Waals surface area contributed by atoms with E-state index in [-0.39, 0.29) is 0 Å². The lowest BCUT2D eigenvalue weighted by Crippen LogP contribution is -2.31. The first-order chi connectivity index (χ1) is 11.7. The summed E-state index contributed by atoms with van der Waals surface area (Å²) in [7, 11) is 0. The van der Waals surface area contributed by atoms with Gasteiger partial charge in [0, 0.05) is 36.9 Å². The summed E-state index contributed by atoms with van der Waals surface area (Å²) in [4.78, 5) is 7.19. The maximum atomic E-state index is 4.77. The molecule has 1 aliphatic rings. The summed E-state index contributed by atoms with van der Waals surface area (Å²) >= 11 is 0. The van der Waals surface area contributed by atoms with Gasteiger partial charge < -0.3 is 9.47 Å². The third kappa shape index (κ3) is 2.23. The minimum atomic E-state index is 0.819. The molecule has 0 atom stereocenters. The highest BCUT2D eigenvalue weighted by atomic mass is 15.2. The number of nitrogens with zero attached hydrogens (tertiary/aromatic N) is 3. The van der Waals surface area contributed by atoms with Crippen molar-refractivity contribution >= 4 is 16.7 Å². The van der Waals surface area contributed by atoms with Gasteiger partial charge in [-0.2, -0.15) is 0 Å². The highest BCUT2D eigenvalue weighted by Crippen LogP contribution is 2.33. The van der Waals surface area contributed by atoms with E-state index in [9.17, 15) is 0 Å². The number of hydrogen-bond donors (Lipinski definition) is 0. The third-order valence-corrected chi connectivity index (χ3v) is 5.27. The van der Waals surface area contributed by atoms with E-state index >= 15 is 0 Å². The molecular weight excluding hydrogens is 294 g/mol. The maximum absolute atomic E-state index is 4.77. The second-order valence-corrected chi connectivity index (χ2v) is 6.58. The molecule has 24 heavy (non-hydrogen) atoms. The summed E-state index contributed by atoms with van der Waals surface area (Å²) in [6.45, 7) is 11.1. The van der Waals surface area contributed by atoms with Gasteiger partial charge in [0.2, 0.25) is 0 Å². The van der Waals surface area contributed by atoms with Gasteiger partial charge in [-0.25, -0.2) is 4.98 Å². The second-order valence-electron chi connectivity index (χ2n) is 6.58. The first-order valence-electron chi connectivity index (χ1n) is 8.57. The molecule has 0 N–H and O–H groups in total. The van der Waals surface area contributed by atoms with Gasteiger partial charge in [0.25, 0.3) is 0 Å². The molecule has 3 nitrogen and oxygen atoms in total. The van der Waals surface area contributed by atoms with Gasteiger partial charge in [0.1, 0.15) is 0 Å². The van der Waals surface area contributed by atoms with E-state index in [1.807, 2.05) is 12.3 Å². The smallest absolute Gasteiger partial charge is 0.153 e. The molecule has 3 aromatic rings. The van der Waals surface area contributed by atoms with Crippen molar-refractivity contribution in [2.45, 2.75) is 33.4 Å². The summed E-state index contributed by atoms with van der Waals surface area (Å²) < 4.78 is 2.35. The third-order valence-electron chi connectivity index (χ3n) is 5.27. The molecule has 0 saturated carbocycles. The van der Waals surface area contributed by atoms with Gasteiger partial charge >= 0.3 is 0 Å². The highest BCUT2D eigenvalue weighted by molar-refractivity contribution is 5.93. The first-order valence-corrected chi connectivity index (χ1v) is 8.57. The molecule has 3 heterocycles. The van der Waals surface area contributed by atoms with Crippen LogP contribution in [0.4, 0.5) is 5.82 Å². The first kappa shape index (κ1) is 15.0. The molecule has 2 aromatic heterocycles. The predicted molar refractivity (Wildman–Crippen MR) is 101 cm³/mol. The fraction of sp³-hybridized carbons (Fsp3) is 0.286. The Morgan fingerprint density at radius 3 is 2.75 bits per heavy atom. The molecule has 0 amide bonds. The number of aryl methyl sites for hydroxylation is 1. The molecule has 4 rings (SSSR count). The van der Waals surface area contributed by atoms with Gasteiger partial charge in [-0.1, -0.05) is 30.3 Å². The van der Waals surface area contributed by atoms with Crippen molar-refractivity contribution in [1.29, 1.82) is 0 Å². The zero-order chi connectivity index (χ0) is 16.7. The molecule has 0 fully saturated rings. The predicted octanol–water partition coefficient (Wildman–Crippen LogP) is 4.40. The summed E-state index contributed by atoms with van der Waals surface area (Å²) in [6.07, 6.45) is 4.99. The number of rotatable bonds is 3. The number of fused-ring (bicyclic) bond motifs is 2. The monoisotopic (exact) mass is 317 g/mol. The molecule has 0 bridgehead atoms. The minimum absolute atomic E-state index is 0.819. The Bertz CT molecular complexity index is 920. The molecule has 0 saturated heterocycles. The van der Waals surface area contributed by atoms with Crippen molar-refractivity contribution in [2.24, 2.45) is 0 Å². The fourth-order valence-electron chi connectivity index (χ4n) is 3.84. The quantitative estimate of drug-likeness (QED) is 0.668. The maximum Gasteiger partial charge on any atom is 0.153 e. The number of pyridine rings is 1. The molecule has 0 aliphatic carbocycles. The van der Waals surface area contributed by atoms with Crippen LogP contribution < -0.4 is 4.90 Å². The summed E-state index contributed by atoms with van der Waals surface area (Å²) in [5.74, 6) is 1.10. The number of anilines is 1. The van der Waals surface area contributed by atoms with Crippen molar-refractivity contribution in [3.8, 4) is 0 Å². The van der Waals surface area contributed by atoms with E-state index in [2.05, 4.69) is 60.2 Å². The van der Waals surface area contributed by atoms with Crippen LogP contribution in [0.3, 0.4) is 0 Å². The number of aromatic nitrogens is 2. The minimum Gasteiger partial charge on any atom is -0.350 e. The number of hydrogen-bond acceptors (Lipinski definition) is 2. The van der Waals surface area contributed by atoms with E-state index in [4.69, 9.17) is 4.98 Å². The van der Waals surface area contributed by atoms with Gasteiger partial charge in [0.15, 0.2) is 5.82 Å². The Balaban J connectivity index is 1.86. The van der Waals surface area contributed by atoms with Gasteiger partial charge in [-0.15, -0.1) is 6.58 Å². The Labute approximate surface area is 143 Å². The van der Waals surface area contributed by atoms with Gasteiger partial charge in [-0.3, -0.25) is 0 Å². The Kier molecular flexibility index (Phi) is 3.64. The Morgan fingerprint density at radius 1 is 1.17 bits per heavy atom. The van der Waals surface area contributed by atoms with Crippen LogP contribution in [0.5, 0.6) is 0 Å². The van der Waals surface area contributed by atoms with Crippen LogP contribution in [0.25, 0.3) is 10.9 Å². The van der Waals surface area contributed by atoms with Gasteiger partial charge in [0.05, 0.1) is 5.52 Å². The van der Waals surface area contributed by atoms with Crippen LogP contribution in [-0.4, -0.2) is 16.1 Å². The van der Waals surface area contributed by atoms with Crippen molar-refractivity contribution in [3.05, 3.63) is 71.6 Å². The van der Waals surface area contributed by atoms with E-state index in [1.165, 1.54) is 33.3 Å². The molecule has 0 radical (unpaired) electrons. The zero-order valence-electron chi connectivity index (χ0n) is 14.4. The Hall–Kier alpha value is -2.55. The van der Waals surface area contributed by atoms with Crippen LogP contribution >= 0.6 is 0 Å². The van der Waals surface area contributed by atoms with Crippen LogP contribution in [0, 0.1) is 13.8 Å². The van der Waals surface area contributed by atoms with Crippen molar-refractivity contribution in [2.75, 3.05) is 11.4 Å². The van der Waals surface area contributed by atoms with Crippen molar-refractivity contribution in [1.82, 2.24) is 9.55 Å². The van der Waals surface area contributed by atoms with Crippen LogP contribution in [0.15, 0.2) is 49.2 Å². The van der Waals surface area contributed by atoms with Gasteiger partial charge in [-0.05, 0) is 43.0 Å². The fourth-order valence-corrected chi connectivity index (χ4v) is 3.84. The molecule has 122 valence electrons.